The smallest absolute Gasteiger partial charge is 0.261 e. The van der Waals surface area contributed by atoms with Gasteiger partial charge in [0.2, 0.25) is 0 Å². The maximum atomic E-state index is 13.6. The standard InChI is InChI=1S/C11H6F2N4O/c12-6-1-2-9(8(13)3-6)17-10-7(4-16-17)11(18)15-5-14-10/h1-5H,(H,14,15,18). The van der Waals surface area contributed by atoms with Crippen LogP contribution in [0.25, 0.3) is 16.7 Å². The number of aromatic nitrogens is 4. The molecule has 1 N–H and O–H groups in total. The molecule has 0 fully saturated rings. The largest absolute Gasteiger partial charge is 0.312 e. The Labute approximate surface area is 98.7 Å². The lowest BCUT2D eigenvalue weighted by Gasteiger charge is -2.03. The van der Waals surface area contributed by atoms with Crippen LogP contribution in [-0.2, 0) is 0 Å². The Morgan fingerprint density at radius 2 is 2.11 bits per heavy atom. The van der Waals surface area contributed by atoms with E-state index in [1.165, 1.54) is 18.6 Å². The van der Waals surface area contributed by atoms with Gasteiger partial charge in [0, 0.05) is 6.07 Å². The van der Waals surface area contributed by atoms with Crippen LogP contribution >= 0.6 is 0 Å². The average molecular weight is 248 g/mol. The molecule has 0 amide bonds. The molecule has 3 rings (SSSR count). The first-order valence-electron chi connectivity index (χ1n) is 5.03. The predicted molar refractivity (Wildman–Crippen MR) is 59.4 cm³/mol. The van der Waals surface area contributed by atoms with E-state index >= 15 is 0 Å². The van der Waals surface area contributed by atoms with Crippen molar-refractivity contribution in [2.24, 2.45) is 0 Å². The van der Waals surface area contributed by atoms with Crippen LogP contribution in [0.15, 0.2) is 35.5 Å². The summed E-state index contributed by atoms with van der Waals surface area (Å²) in [6.45, 7) is 0. The van der Waals surface area contributed by atoms with E-state index in [2.05, 4.69) is 15.1 Å². The van der Waals surface area contributed by atoms with E-state index in [-0.39, 0.29) is 22.3 Å². The molecule has 1 aromatic carbocycles. The summed E-state index contributed by atoms with van der Waals surface area (Å²) in [5.41, 5.74) is -0.123. The Hall–Kier alpha value is -2.57. The zero-order valence-electron chi connectivity index (χ0n) is 8.89. The van der Waals surface area contributed by atoms with E-state index in [0.29, 0.717) is 0 Å². The molecule has 0 aliphatic rings. The summed E-state index contributed by atoms with van der Waals surface area (Å²) in [5.74, 6) is -1.46. The number of benzene rings is 1. The first-order valence-corrected chi connectivity index (χ1v) is 5.03. The second-order valence-electron chi connectivity index (χ2n) is 3.62. The third-order valence-corrected chi connectivity index (χ3v) is 2.51. The molecular formula is C11H6F2N4O. The van der Waals surface area contributed by atoms with E-state index in [0.717, 1.165) is 16.8 Å². The lowest BCUT2D eigenvalue weighted by atomic mass is 10.3. The molecule has 7 heteroatoms. The van der Waals surface area contributed by atoms with Crippen LogP contribution in [0.5, 0.6) is 0 Å². The highest BCUT2D eigenvalue weighted by Gasteiger charge is 2.12. The van der Waals surface area contributed by atoms with Gasteiger partial charge in [-0.05, 0) is 12.1 Å². The van der Waals surface area contributed by atoms with Crippen LogP contribution in [0.4, 0.5) is 8.78 Å². The first-order chi connectivity index (χ1) is 8.66. The second-order valence-corrected chi connectivity index (χ2v) is 3.62. The number of fused-ring (bicyclic) bond motifs is 1. The number of hydrogen-bond acceptors (Lipinski definition) is 3. The molecule has 0 aliphatic heterocycles. The summed E-state index contributed by atoms with van der Waals surface area (Å²) < 4.78 is 27.6. The second kappa shape index (κ2) is 3.73. The van der Waals surface area contributed by atoms with Crippen LogP contribution in [-0.4, -0.2) is 19.7 Å². The summed E-state index contributed by atoms with van der Waals surface area (Å²) in [6.07, 6.45) is 2.48. The molecule has 2 heterocycles. The lowest BCUT2D eigenvalue weighted by molar-refractivity contribution is 0.574. The van der Waals surface area contributed by atoms with Gasteiger partial charge in [0.25, 0.3) is 5.56 Å². The summed E-state index contributed by atoms with van der Waals surface area (Å²) in [6, 6.07) is 3.09. The Morgan fingerprint density at radius 3 is 2.89 bits per heavy atom. The van der Waals surface area contributed by atoms with Gasteiger partial charge in [0.05, 0.1) is 12.5 Å². The minimum Gasteiger partial charge on any atom is -0.312 e. The number of halogens is 2. The molecule has 90 valence electrons. The van der Waals surface area contributed by atoms with E-state index in [1.807, 2.05) is 0 Å². The summed E-state index contributed by atoms with van der Waals surface area (Å²) >= 11 is 0. The van der Waals surface area contributed by atoms with Gasteiger partial charge >= 0.3 is 0 Å². The van der Waals surface area contributed by atoms with Crippen LogP contribution < -0.4 is 5.56 Å². The van der Waals surface area contributed by atoms with Crippen molar-refractivity contribution in [1.29, 1.82) is 0 Å². The van der Waals surface area contributed by atoms with Crippen molar-refractivity contribution in [3.63, 3.8) is 0 Å². The fourth-order valence-corrected chi connectivity index (χ4v) is 1.69. The van der Waals surface area contributed by atoms with Crippen LogP contribution in [0.2, 0.25) is 0 Å². The minimum atomic E-state index is -0.776. The lowest BCUT2D eigenvalue weighted by Crippen LogP contribution is -2.07. The molecule has 0 bridgehead atoms. The molecule has 0 spiro atoms. The first kappa shape index (κ1) is 10.6. The summed E-state index contributed by atoms with van der Waals surface area (Å²) in [4.78, 5) is 17.8. The molecule has 0 aliphatic carbocycles. The predicted octanol–water partition coefficient (Wildman–Crippen LogP) is 1.39. The van der Waals surface area contributed by atoms with Crippen LogP contribution in [0.3, 0.4) is 0 Å². The van der Waals surface area contributed by atoms with Crippen molar-refractivity contribution in [1.82, 2.24) is 19.7 Å². The summed E-state index contributed by atoms with van der Waals surface area (Å²) in [7, 11) is 0. The maximum absolute atomic E-state index is 13.6. The van der Waals surface area contributed by atoms with Crippen molar-refractivity contribution >= 4 is 11.0 Å². The zero-order chi connectivity index (χ0) is 12.7. The quantitative estimate of drug-likeness (QED) is 0.707. The molecule has 0 radical (unpaired) electrons. The topological polar surface area (TPSA) is 63.6 Å². The van der Waals surface area contributed by atoms with Crippen LogP contribution in [0.1, 0.15) is 0 Å². The van der Waals surface area contributed by atoms with Crippen molar-refractivity contribution in [2.75, 3.05) is 0 Å². The number of H-pyrrole nitrogens is 1. The number of aromatic amines is 1. The molecule has 3 aromatic rings. The molecular weight excluding hydrogens is 242 g/mol. The highest BCUT2D eigenvalue weighted by molar-refractivity contribution is 5.74. The number of rotatable bonds is 1. The van der Waals surface area contributed by atoms with E-state index in [4.69, 9.17) is 0 Å². The van der Waals surface area contributed by atoms with Gasteiger partial charge in [-0.2, -0.15) is 5.10 Å². The number of hydrogen-bond donors (Lipinski definition) is 1. The van der Waals surface area contributed by atoms with E-state index in [1.54, 1.807) is 0 Å². The molecule has 18 heavy (non-hydrogen) atoms. The molecule has 2 aromatic heterocycles. The van der Waals surface area contributed by atoms with Gasteiger partial charge in [0.1, 0.15) is 16.9 Å². The number of nitrogens with zero attached hydrogens (tertiary/aromatic N) is 3. The maximum Gasteiger partial charge on any atom is 0.261 e. The monoisotopic (exact) mass is 248 g/mol. The van der Waals surface area contributed by atoms with Gasteiger partial charge in [-0.15, -0.1) is 0 Å². The third-order valence-electron chi connectivity index (χ3n) is 2.51. The van der Waals surface area contributed by atoms with Crippen molar-refractivity contribution in [3.05, 3.63) is 52.7 Å². The van der Waals surface area contributed by atoms with Gasteiger partial charge in [-0.25, -0.2) is 18.4 Å². The zero-order valence-corrected chi connectivity index (χ0v) is 8.89. The van der Waals surface area contributed by atoms with Gasteiger partial charge < -0.3 is 4.98 Å². The minimum absolute atomic E-state index is 0.0319. The van der Waals surface area contributed by atoms with Gasteiger partial charge in [-0.1, -0.05) is 0 Å². The fraction of sp³-hybridized carbons (Fsp3) is 0. The normalized spacial score (nSPS) is 11.0. The number of nitrogens with one attached hydrogen (secondary N) is 1. The highest BCUT2D eigenvalue weighted by Crippen LogP contribution is 2.17. The third kappa shape index (κ3) is 1.48. The summed E-state index contributed by atoms with van der Waals surface area (Å²) in [5, 5.41) is 4.13. The van der Waals surface area contributed by atoms with E-state index < -0.39 is 11.6 Å². The van der Waals surface area contributed by atoms with Crippen molar-refractivity contribution < 1.29 is 8.78 Å². The average Bonchev–Trinajstić information content (AvgIpc) is 2.74. The van der Waals surface area contributed by atoms with E-state index in [9.17, 15) is 13.6 Å². The van der Waals surface area contributed by atoms with Crippen molar-refractivity contribution in [3.8, 4) is 5.69 Å². The Kier molecular flexibility index (Phi) is 2.19. The molecule has 0 atom stereocenters. The van der Waals surface area contributed by atoms with Crippen molar-refractivity contribution in [2.45, 2.75) is 0 Å². The fourth-order valence-electron chi connectivity index (χ4n) is 1.69. The SMILES string of the molecule is O=c1[nH]cnc2c1cnn2-c1ccc(F)cc1F. The molecule has 0 saturated heterocycles. The molecule has 0 saturated carbocycles. The molecule has 5 nitrogen and oxygen atoms in total. The Bertz CT molecular complexity index is 793. The van der Waals surface area contributed by atoms with Crippen LogP contribution in [0, 0.1) is 11.6 Å². The highest BCUT2D eigenvalue weighted by atomic mass is 19.1. The Balaban J connectivity index is 2.32. The van der Waals surface area contributed by atoms with Gasteiger partial charge in [-0.3, -0.25) is 4.79 Å². The molecule has 0 unspecified atom stereocenters. The Morgan fingerprint density at radius 1 is 1.28 bits per heavy atom. The van der Waals surface area contributed by atoms with Gasteiger partial charge in [0.15, 0.2) is 11.5 Å².